The summed E-state index contributed by atoms with van der Waals surface area (Å²) in [5.74, 6) is -0.493. The van der Waals surface area contributed by atoms with Crippen LogP contribution in [0, 0.1) is 13.8 Å². The van der Waals surface area contributed by atoms with E-state index in [-0.39, 0.29) is 24.7 Å². The number of hydrogen-bond acceptors (Lipinski definition) is 4. The Kier molecular flexibility index (Phi) is 7.11. The van der Waals surface area contributed by atoms with Gasteiger partial charge in [-0.15, -0.1) is 0 Å². The molecule has 142 valence electrons. The molecule has 0 aliphatic carbocycles. The second-order valence-electron chi connectivity index (χ2n) is 6.65. The zero-order valence-corrected chi connectivity index (χ0v) is 16.2. The van der Waals surface area contributed by atoms with Gasteiger partial charge in [0, 0.05) is 38.3 Å². The van der Waals surface area contributed by atoms with Crippen LogP contribution in [-0.4, -0.2) is 32.1 Å². The maximum absolute atomic E-state index is 12.0. The highest BCUT2D eigenvalue weighted by atomic mass is 16.2. The minimum Gasteiger partial charge on any atom is -0.378 e. The van der Waals surface area contributed by atoms with Crippen molar-refractivity contribution < 1.29 is 9.59 Å². The van der Waals surface area contributed by atoms with Crippen LogP contribution in [0.1, 0.15) is 29.5 Å². The minimum absolute atomic E-state index is 0.0770. The number of benzene rings is 2. The number of rotatable bonds is 7. The number of hydrazone groups is 1. The van der Waals surface area contributed by atoms with Crippen molar-refractivity contribution in [3.63, 3.8) is 0 Å². The average Bonchev–Trinajstić information content (AvgIpc) is 2.63. The molecule has 0 saturated heterocycles. The molecule has 2 aromatic rings. The predicted octanol–water partition coefficient (Wildman–Crippen LogP) is 3.24. The van der Waals surface area contributed by atoms with E-state index in [0.29, 0.717) is 0 Å². The molecule has 27 heavy (non-hydrogen) atoms. The zero-order chi connectivity index (χ0) is 19.8. The van der Waals surface area contributed by atoms with Crippen molar-refractivity contribution in [3.05, 3.63) is 59.2 Å². The summed E-state index contributed by atoms with van der Waals surface area (Å²) in [7, 11) is 3.94. The summed E-state index contributed by atoms with van der Waals surface area (Å²) in [5.41, 5.74) is 7.32. The standard InChI is InChI=1S/C21H26N4O2/c1-15-5-10-19(16(2)13-15)23-20(26)11-12-21(27)24-22-14-17-6-8-18(9-7-17)25(3)4/h5-10,13-14H,11-12H2,1-4H3,(H,23,26)(H,24,27). The largest absolute Gasteiger partial charge is 0.378 e. The first kappa shape index (κ1) is 20.2. The van der Waals surface area contributed by atoms with Gasteiger partial charge in [0.25, 0.3) is 0 Å². The number of aryl methyl sites for hydroxylation is 2. The molecular weight excluding hydrogens is 340 g/mol. The molecule has 6 heteroatoms. The van der Waals surface area contributed by atoms with Gasteiger partial charge in [-0.05, 0) is 43.2 Å². The van der Waals surface area contributed by atoms with Gasteiger partial charge in [-0.1, -0.05) is 29.8 Å². The van der Waals surface area contributed by atoms with Crippen LogP contribution in [0.4, 0.5) is 11.4 Å². The molecule has 0 spiro atoms. The van der Waals surface area contributed by atoms with E-state index in [0.717, 1.165) is 28.1 Å². The molecule has 2 aromatic carbocycles. The number of carbonyl (C=O) groups excluding carboxylic acids is 2. The van der Waals surface area contributed by atoms with Crippen LogP contribution in [0.15, 0.2) is 47.6 Å². The van der Waals surface area contributed by atoms with E-state index < -0.39 is 0 Å². The fourth-order valence-corrected chi connectivity index (χ4v) is 2.49. The lowest BCUT2D eigenvalue weighted by Crippen LogP contribution is -2.20. The lowest BCUT2D eigenvalue weighted by Gasteiger charge is -2.11. The van der Waals surface area contributed by atoms with Crippen molar-refractivity contribution in [1.29, 1.82) is 0 Å². The smallest absolute Gasteiger partial charge is 0.240 e. The predicted molar refractivity (Wildman–Crippen MR) is 110 cm³/mol. The van der Waals surface area contributed by atoms with Gasteiger partial charge in [-0.25, -0.2) is 5.43 Å². The van der Waals surface area contributed by atoms with Crippen LogP contribution in [-0.2, 0) is 9.59 Å². The Hall–Kier alpha value is -3.15. The zero-order valence-electron chi connectivity index (χ0n) is 16.2. The first-order chi connectivity index (χ1) is 12.8. The van der Waals surface area contributed by atoms with Gasteiger partial charge >= 0.3 is 0 Å². The first-order valence-corrected chi connectivity index (χ1v) is 8.81. The van der Waals surface area contributed by atoms with Crippen molar-refractivity contribution >= 4 is 29.4 Å². The Morgan fingerprint density at radius 2 is 1.67 bits per heavy atom. The maximum atomic E-state index is 12.0. The van der Waals surface area contributed by atoms with E-state index in [4.69, 9.17) is 0 Å². The molecule has 0 aliphatic heterocycles. The Balaban J connectivity index is 1.76. The normalized spacial score (nSPS) is 10.7. The molecule has 0 aromatic heterocycles. The summed E-state index contributed by atoms with van der Waals surface area (Å²) < 4.78 is 0. The Morgan fingerprint density at radius 3 is 2.30 bits per heavy atom. The number of amides is 2. The summed E-state index contributed by atoms with van der Waals surface area (Å²) >= 11 is 0. The van der Waals surface area contributed by atoms with Gasteiger partial charge < -0.3 is 10.2 Å². The van der Waals surface area contributed by atoms with Crippen LogP contribution >= 0.6 is 0 Å². The quantitative estimate of drug-likeness (QED) is 0.584. The van der Waals surface area contributed by atoms with Crippen LogP contribution in [0.25, 0.3) is 0 Å². The Bertz CT molecular complexity index is 827. The number of hydrogen-bond donors (Lipinski definition) is 2. The van der Waals surface area contributed by atoms with Gasteiger partial charge in [0.15, 0.2) is 0 Å². The maximum Gasteiger partial charge on any atom is 0.240 e. The van der Waals surface area contributed by atoms with Crippen LogP contribution in [0.3, 0.4) is 0 Å². The summed E-state index contributed by atoms with van der Waals surface area (Å²) in [6.07, 6.45) is 1.76. The summed E-state index contributed by atoms with van der Waals surface area (Å²) in [6.45, 7) is 3.94. The van der Waals surface area contributed by atoms with Crippen molar-refractivity contribution in [2.45, 2.75) is 26.7 Å². The van der Waals surface area contributed by atoms with E-state index in [1.807, 2.05) is 75.3 Å². The van der Waals surface area contributed by atoms with Crippen molar-refractivity contribution in [3.8, 4) is 0 Å². The molecule has 0 fully saturated rings. The number of carbonyl (C=O) groups is 2. The van der Waals surface area contributed by atoms with E-state index in [1.165, 1.54) is 0 Å². The second-order valence-corrected chi connectivity index (χ2v) is 6.65. The van der Waals surface area contributed by atoms with E-state index in [9.17, 15) is 9.59 Å². The summed E-state index contributed by atoms with van der Waals surface area (Å²) in [4.78, 5) is 25.8. The number of nitrogens with zero attached hydrogens (tertiary/aromatic N) is 2. The van der Waals surface area contributed by atoms with Gasteiger partial charge in [0.2, 0.25) is 11.8 Å². The average molecular weight is 366 g/mol. The van der Waals surface area contributed by atoms with Gasteiger partial charge in [-0.2, -0.15) is 5.10 Å². The third-order valence-electron chi connectivity index (χ3n) is 4.05. The molecule has 2 N–H and O–H groups in total. The van der Waals surface area contributed by atoms with Crippen molar-refractivity contribution in [2.75, 3.05) is 24.3 Å². The summed E-state index contributed by atoms with van der Waals surface area (Å²) in [6, 6.07) is 13.6. The van der Waals surface area contributed by atoms with E-state index in [2.05, 4.69) is 15.8 Å². The van der Waals surface area contributed by atoms with Crippen LogP contribution in [0.5, 0.6) is 0 Å². The monoisotopic (exact) mass is 366 g/mol. The van der Waals surface area contributed by atoms with Gasteiger partial charge in [0.1, 0.15) is 0 Å². The molecule has 0 saturated carbocycles. The fraction of sp³-hybridized carbons (Fsp3) is 0.286. The highest BCUT2D eigenvalue weighted by Gasteiger charge is 2.08. The molecule has 0 bridgehead atoms. The minimum atomic E-state index is -0.299. The van der Waals surface area contributed by atoms with Gasteiger partial charge in [0.05, 0.1) is 6.21 Å². The third kappa shape index (κ3) is 6.58. The molecule has 2 rings (SSSR count). The number of anilines is 2. The van der Waals surface area contributed by atoms with Gasteiger partial charge in [-0.3, -0.25) is 9.59 Å². The van der Waals surface area contributed by atoms with Crippen LogP contribution in [0.2, 0.25) is 0 Å². The molecular formula is C21H26N4O2. The molecule has 2 amide bonds. The first-order valence-electron chi connectivity index (χ1n) is 8.81. The SMILES string of the molecule is Cc1ccc(NC(=O)CCC(=O)NN=Cc2ccc(N(C)C)cc2)c(C)c1. The van der Waals surface area contributed by atoms with Crippen LogP contribution < -0.4 is 15.6 Å². The lowest BCUT2D eigenvalue weighted by atomic mass is 10.1. The highest BCUT2D eigenvalue weighted by molar-refractivity contribution is 5.94. The van der Waals surface area contributed by atoms with E-state index >= 15 is 0 Å². The van der Waals surface area contributed by atoms with Crippen molar-refractivity contribution in [2.24, 2.45) is 5.10 Å². The Morgan fingerprint density at radius 1 is 1.00 bits per heavy atom. The topological polar surface area (TPSA) is 73.8 Å². The fourth-order valence-electron chi connectivity index (χ4n) is 2.49. The number of nitrogens with one attached hydrogen (secondary N) is 2. The molecule has 0 aliphatic rings. The molecule has 0 atom stereocenters. The molecule has 0 unspecified atom stereocenters. The molecule has 6 nitrogen and oxygen atoms in total. The molecule has 0 heterocycles. The molecule has 0 radical (unpaired) electrons. The third-order valence-corrected chi connectivity index (χ3v) is 4.05. The second kappa shape index (κ2) is 9.52. The Labute approximate surface area is 160 Å². The summed E-state index contributed by atoms with van der Waals surface area (Å²) in [5, 5.41) is 6.76. The lowest BCUT2D eigenvalue weighted by molar-refractivity contribution is -0.124. The van der Waals surface area contributed by atoms with E-state index in [1.54, 1.807) is 6.21 Å². The van der Waals surface area contributed by atoms with Crippen molar-refractivity contribution in [1.82, 2.24) is 5.43 Å². The highest BCUT2D eigenvalue weighted by Crippen LogP contribution is 2.16.